The second-order valence-electron chi connectivity index (χ2n) is 2.42. The van der Waals surface area contributed by atoms with Crippen LogP contribution in [-0.4, -0.2) is 21.3 Å². The van der Waals surface area contributed by atoms with Crippen molar-refractivity contribution in [1.82, 2.24) is 10.2 Å². The number of aromatic amines is 1. The zero-order valence-electron chi connectivity index (χ0n) is 10.1. The lowest BCUT2D eigenvalue weighted by atomic mass is 10.2. The average molecular weight is 222 g/mol. The van der Waals surface area contributed by atoms with Gasteiger partial charge in [-0.25, -0.2) is 4.79 Å². The number of rotatable bonds is 1. The van der Waals surface area contributed by atoms with Crippen LogP contribution in [0, 0.1) is 0 Å². The number of carboxylic acid groups (broad SMARTS) is 1. The van der Waals surface area contributed by atoms with E-state index in [1.807, 2.05) is 33.8 Å². The van der Waals surface area contributed by atoms with Crippen molar-refractivity contribution in [2.75, 3.05) is 0 Å². The molecule has 4 heteroatoms. The Labute approximate surface area is 95.3 Å². The Kier molecular flexibility index (Phi) is 6.59. The van der Waals surface area contributed by atoms with Crippen LogP contribution in [0.5, 0.6) is 0 Å². The normalized spacial score (nSPS) is 8.50. The third kappa shape index (κ3) is 3.08. The van der Waals surface area contributed by atoms with Crippen LogP contribution in [0.4, 0.5) is 0 Å². The standard InChI is InChI=1S/C8H6N2O2.2C2H6/c11-8(12)7-5-3-1-2-4-6(5)9-10-7;2*1-2/h1-4H,(H,9,10)(H,11,12);2*1-2H3. The number of hydrogen-bond acceptors (Lipinski definition) is 2. The summed E-state index contributed by atoms with van der Waals surface area (Å²) >= 11 is 0. The van der Waals surface area contributed by atoms with Crippen LogP contribution in [-0.2, 0) is 0 Å². The fourth-order valence-corrected chi connectivity index (χ4v) is 1.13. The Morgan fingerprint density at radius 1 is 1.19 bits per heavy atom. The molecule has 0 unspecified atom stereocenters. The van der Waals surface area contributed by atoms with Gasteiger partial charge < -0.3 is 5.11 Å². The molecule has 0 saturated carbocycles. The first-order chi connectivity index (χ1) is 7.79. The number of nitrogens with zero attached hydrogens (tertiary/aromatic N) is 1. The van der Waals surface area contributed by atoms with Gasteiger partial charge in [0.25, 0.3) is 0 Å². The monoisotopic (exact) mass is 222 g/mol. The molecule has 0 saturated heterocycles. The zero-order valence-corrected chi connectivity index (χ0v) is 10.1. The first kappa shape index (κ1) is 14.2. The van der Waals surface area contributed by atoms with E-state index in [2.05, 4.69) is 10.2 Å². The molecule has 1 aromatic carbocycles. The average Bonchev–Trinajstić information content (AvgIpc) is 2.78. The molecular weight excluding hydrogens is 204 g/mol. The van der Waals surface area contributed by atoms with Gasteiger partial charge in [0.1, 0.15) is 0 Å². The number of carbonyl (C=O) groups is 1. The van der Waals surface area contributed by atoms with Gasteiger partial charge in [0.2, 0.25) is 0 Å². The predicted octanol–water partition coefficient (Wildman–Crippen LogP) is 3.31. The lowest BCUT2D eigenvalue weighted by Crippen LogP contribution is -1.96. The number of aromatic carboxylic acids is 1. The minimum atomic E-state index is -1.01. The minimum absolute atomic E-state index is 0.0746. The number of H-pyrrole nitrogens is 1. The maximum absolute atomic E-state index is 10.6. The number of fused-ring (bicyclic) bond motifs is 1. The van der Waals surface area contributed by atoms with Crippen LogP contribution in [0.3, 0.4) is 0 Å². The quantitative estimate of drug-likeness (QED) is 0.777. The fraction of sp³-hybridized carbons (Fsp3) is 0.333. The lowest BCUT2D eigenvalue weighted by molar-refractivity contribution is 0.0692. The van der Waals surface area contributed by atoms with Crippen LogP contribution in [0.25, 0.3) is 10.9 Å². The Bertz CT molecular complexity index is 435. The van der Waals surface area contributed by atoms with E-state index in [0.29, 0.717) is 5.39 Å². The van der Waals surface area contributed by atoms with Crippen molar-refractivity contribution in [3.8, 4) is 0 Å². The van der Waals surface area contributed by atoms with Crippen molar-refractivity contribution in [2.45, 2.75) is 27.7 Å². The highest BCUT2D eigenvalue weighted by atomic mass is 16.4. The third-order valence-electron chi connectivity index (χ3n) is 1.67. The molecule has 0 aliphatic heterocycles. The smallest absolute Gasteiger partial charge is 0.357 e. The van der Waals surface area contributed by atoms with Gasteiger partial charge in [-0.3, -0.25) is 5.10 Å². The summed E-state index contributed by atoms with van der Waals surface area (Å²) in [7, 11) is 0. The van der Waals surface area contributed by atoms with Gasteiger partial charge in [-0.15, -0.1) is 0 Å². The number of benzene rings is 1. The van der Waals surface area contributed by atoms with Crippen LogP contribution in [0.2, 0.25) is 0 Å². The second kappa shape index (κ2) is 7.45. The van der Waals surface area contributed by atoms with Gasteiger partial charge in [0.15, 0.2) is 5.69 Å². The van der Waals surface area contributed by atoms with E-state index < -0.39 is 5.97 Å². The van der Waals surface area contributed by atoms with Crippen molar-refractivity contribution in [3.63, 3.8) is 0 Å². The number of para-hydroxylation sites is 1. The van der Waals surface area contributed by atoms with Crippen molar-refractivity contribution in [1.29, 1.82) is 0 Å². The summed E-state index contributed by atoms with van der Waals surface area (Å²) in [5, 5.41) is 15.6. The fourth-order valence-electron chi connectivity index (χ4n) is 1.13. The maximum atomic E-state index is 10.6. The molecule has 88 valence electrons. The summed E-state index contributed by atoms with van der Waals surface area (Å²) in [6.07, 6.45) is 0. The van der Waals surface area contributed by atoms with E-state index in [-0.39, 0.29) is 5.69 Å². The minimum Gasteiger partial charge on any atom is -0.476 e. The van der Waals surface area contributed by atoms with Crippen LogP contribution < -0.4 is 0 Å². The summed E-state index contributed by atoms with van der Waals surface area (Å²) in [6, 6.07) is 7.12. The lowest BCUT2D eigenvalue weighted by Gasteiger charge is -1.87. The molecule has 2 rings (SSSR count). The van der Waals surface area contributed by atoms with E-state index in [0.717, 1.165) is 5.52 Å². The molecule has 2 N–H and O–H groups in total. The number of hydrogen-bond donors (Lipinski definition) is 2. The molecular formula is C12H18N2O2. The van der Waals surface area contributed by atoms with Gasteiger partial charge in [-0.1, -0.05) is 45.9 Å². The second-order valence-corrected chi connectivity index (χ2v) is 2.42. The summed E-state index contributed by atoms with van der Waals surface area (Å²) < 4.78 is 0. The molecule has 0 aliphatic rings. The van der Waals surface area contributed by atoms with Crippen molar-refractivity contribution in [2.24, 2.45) is 0 Å². The van der Waals surface area contributed by atoms with E-state index in [9.17, 15) is 4.79 Å². The van der Waals surface area contributed by atoms with Gasteiger partial charge in [0.05, 0.1) is 5.52 Å². The molecule has 0 aliphatic carbocycles. The van der Waals surface area contributed by atoms with Crippen molar-refractivity contribution >= 4 is 16.9 Å². The molecule has 2 aromatic rings. The van der Waals surface area contributed by atoms with Crippen molar-refractivity contribution in [3.05, 3.63) is 30.0 Å². The molecule has 4 nitrogen and oxygen atoms in total. The molecule has 0 radical (unpaired) electrons. The number of aromatic nitrogens is 2. The van der Waals surface area contributed by atoms with Crippen LogP contribution in [0.15, 0.2) is 24.3 Å². The Morgan fingerprint density at radius 3 is 2.31 bits per heavy atom. The molecule has 1 aromatic heterocycles. The van der Waals surface area contributed by atoms with Crippen LogP contribution in [0.1, 0.15) is 38.2 Å². The van der Waals surface area contributed by atoms with E-state index in [1.54, 1.807) is 18.2 Å². The zero-order chi connectivity index (χ0) is 12.6. The Balaban J connectivity index is 0.000000509. The van der Waals surface area contributed by atoms with Crippen LogP contribution >= 0.6 is 0 Å². The molecule has 0 spiro atoms. The van der Waals surface area contributed by atoms with Gasteiger partial charge in [0, 0.05) is 5.39 Å². The highest BCUT2D eigenvalue weighted by molar-refractivity contribution is 6.00. The predicted molar refractivity (Wildman–Crippen MR) is 65.7 cm³/mol. The molecule has 0 atom stereocenters. The molecule has 0 fully saturated rings. The van der Waals surface area contributed by atoms with Gasteiger partial charge in [-0.05, 0) is 6.07 Å². The first-order valence-electron chi connectivity index (χ1n) is 5.45. The van der Waals surface area contributed by atoms with E-state index in [4.69, 9.17) is 5.11 Å². The summed E-state index contributed by atoms with van der Waals surface area (Å²) in [4.78, 5) is 10.6. The largest absolute Gasteiger partial charge is 0.476 e. The highest BCUT2D eigenvalue weighted by Crippen LogP contribution is 2.14. The molecule has 1 heterocycles. The van der Waals surface area contributed by atoms with E-state index in [1.165, 1.54) is 0 Å². The van der Waals surface area contributed by atoms with Gasteiger partial charge >= 0.3 is 5.97 Å². The molecule has 0 amide bonds. The number of carboxylic acids is 1. The van der Waals surface area contributed by atoms with Crippen molar-refractivity contribution < 1.29 is 9.90 Å². The summed E-state index contributed by atoms with van der Waals surface area (Å²) in [6.45, 7) is 8.00. The highest BCUT2D eigenvalue weighted by Gasteiger charge is 2.10. The topological polar surface area (TPSA) is 66.0 Å². The van der Waals surface area contributed by atoms with Gasteiger partial charge in [-0.2, -0.15) is 5.10 Å². The first-order valence-corrected chi connectivity index (χ1v) is 5.45. The Morgan fingerprint density at radius 2 is 1.75 bits per heavy atom. The summed E-state index contributed by atoms with van der Waals surface area (Å²) in [5.41, 5.74) is 0.820. The Hall–Kier alpha value is -1.84. The van der Waals surface area contributed by atoms with E-state index >= 15 is 0 Å². The summed E-state index contributed by atoms with van der Waals surface area (Å²) in [5.74, 6) is -1.01. The third-order valence-corrected chi connectivity index (χ3v) is 1.67. The SMILES string of the molecule is CC.CC.O=C(O)c1n[nH]c2ccccc12. The maximum Gasteiger partial charge on any atom is 0.357 e. The molecule has 0 bridgehead atoms. The number of nitrogens with one attached hydrogen (secondary N) is 1. The molecule has 16 heavy (non-hydrogen) atoms.